The van der Waals surface area contributed by atoms with Crippen molar-refractivity contribution in [3.05, 3.63) is 47.5 Å². The lowest BCUT2D eigenvalue weighted by molar-refractivity contribution is 0.278. The summed E-state index contributed by atoms with van der Waals surface area (Å²) in [7, 11) is 0. The number of benzene rings is 1. The fourth-order valence-electron chi connectivity index (χ4n) is 2.91. The fraction of sp³-hybridized carbons (Fsp3) is 0.400. The van der Waals surface area contributed by atoms with Gasteiger partial charge in [0.15, 0.2) is 0 Å². The molecule has 1 aromatic heterocycles. The quantitative estimate of drug-likeness (QED) is 0.855. The highest BCUT2D eigenvalue weighted by Gasteiger charge is 2.33. The first-order valence-electron chi connectivity index (χ1n) is 6.55. The molecule has 0 bridgehead atoms. The lowest BCUT2D eigenvalue weighted by Crippen LogP contribution is -2.30. The zero-order chi connectivity index (χ0) is 13.6. The molecule has 0 saturated heterocycles. The SMILES string of the molecule is CC1(C)Cc2c(cnn2-c2ccc(F)cc2)[C@@H](N)C1. The average Bonchev–Trinajstić information content (AvgIpc) is 2.72. The van der Waals surface area contributed by atoms with Gasteiger partial charge in [0.05, 0.1) is 11.9 Å². The van der Waals surface area contributed by atoms with Crippen molar-refractivity contribution in [3.8, 4) is 5.69 Å². The summed E-state index contributed by atoms with van der Waals surface area (Å²) in [6, 6.07) is 6.44. The summed E-state index contributed by atoms with van der Waals surface area (Å²) in [6.45, 7) is 4.44. The Morgan fingerprint density at radius 1 is 1.32 bits per heavy atom. The first-order chi connectivity index (χ1) is 8.96. The van der Waals surface area contributed by atoms with Crippen LogP contribution in [0.15, 0.2) is 30.5 Å². The minimum Gasteiger partial charge on any atom is -0.324 e. The number of fused-ring (bicyclic) bond motifs is 1. The maximum Gasteiger partial charge on any atom is 0.123 e. The van der Waals surface area contributed by atoms with Gasteiger partial charge in [0, 0.05) is 17.3 Å². The monoisotopic (exact) mass is 259 g/mol. The van der Waals surface area contributed by atoms with E-state index < -0.39 is 0 Å². The van der Waals surface area contributed by atoms with Crippen molar-refractivity contribution in [2.45, 2.75) is 32.7 Å². The molecule has 3 nitrogen and oxygen atoms in total. The minimum absolute atomic E-state index is 0.0351. The van der Waals surface area contributed by atoms with Crippen LogP contribution in [0.3, 0.4) is 0 Å². The Morgan fingerprint density at radius 2 is 2.00 bits per heavy atom. The summed E-state index contributed by atoms with van der Waals surface area (Å²) in [4.78, 5) is 0. The summed E-state index contributed by atoms with van der Waals surface area (Å²) in [5, 5.41) is 4.43. The Kier molecular flexibility index (Phi) is 2.71. The molecule has 100 valence electrons. The van der Waals surface area contributed by atoms with Crippen LogP contribution in [0.25, 0.3) is 5.69 Å². The topological polar surface area (TPSA) is 43.8 Å². The highest BCUT2D eigenvalue weighted by Crippen LogP contribution is 2.40. The van der Waals surface area contributed by atoms with Gasteiger partial charge in [0.25, 0.3) is 0 Å². The third-order valence-electron chi connectivity index (χ3n) is 3.79. The van der Waals surface area contributed by atoms with Crippen LogP contribution in [0.5, 0.6) is 0 Å². The number of hydrogen-bond donors (Lipinski definition) is 1. The molecule has 3 rings (SSSR count). The third-order valence-corrected chi connectivity index (χ3v) is 3.79. The van der Waals surface area contributed by atoms with Gasteiger partial charge in [-0.25, -0.2) is 9.07 Å². The van der Waals surface area contributed by atoms with E-state index in [2.05, 4.69) is 18.9 Å². The molecule has 1 heterocycles. The number of halogens is 1. The van der Waals surface area contributed by atoms with Gasteiger partial charge in [0.2, 0.25) is 0 Å². The Bertz CT molecular complexity index is 598. The lowest BCUT2D eigenvalue weighted by Gasteiger charge is -2.33. The molecule has 0 radical (unpaired) electrons. The van der Waals surface area contributed by atoms with Gasteiger partial charge in [0.1, 0.15) is 5.82 Å². The molecule has 0 fully saturated rings. The van der Waals surface area contributed by atoms with E-state index in [1.54, 1.807) is 12.1 Å². The Morgan fingerprint density at radius 3 is 2.68 bits per heavy atom. The molecule has 4 heteroatoms. The van der Waals surface area contributed by atoms with Crippen LogP contribution in [-0.2, 0) is 6.42 Å². The smallest absolute Gasteiger partial charge is 0.123 e. The third kappa shape index (κ3) is 2.16. The molecule has 0 unspecified atom stereocenters. The predicted molar refractivity (Wildman–Crippen MR) is 72.6 cm³/mol. The second kappa shape index (κ2) is 4.17. The largest absolute Gasteiger partial charge is 0.324 e. The summed E-state index contributed by atoms with van der Waals surface area (Å²) in [6.07, 6.45) is 3.75. The van der Waals surface area contributed by atoms with Crippen LogP contribution in [0.4, 0.5) is 4.39 Å². The van der Waals surface area contributed by atoms with Crippen molar-refractivity contribution in [2.75, 3.05) is 0 Å². The molecule has 2 N–H and O–H groups in total. The molecule has 0 amide bonds. The van der Waals surface area contributed by atoms with Gasteiger partial charge in [-0.3, -0.25) is 0 Å². The van der Waals surface area contributed by atoms with Crippen molar-refractivity contribution in [1.29, 1.82) is 0 Å². The van der Waals surface area contributed by atoms with E-state index in [0.717, 1.165) is 29.8 Å². The first kappa shape index (κ1) is 12.4. The zero-order valence-corrected chi connectivity index (χ0v) is 11.2. The molecular weight excluding hydrogens is 241 g/mol. The number of nitrogens with zero attached hydrogens (tertiary/aromatic N) is 2. The number of rotatable bonds is 1. The summed E-state index contributed by atoms with van der Waals surface area (Å²) in [5.74, 6) is -0.234. The van der Waals surface area contributed by atoms with Gasteiger partial charge in [-0.05, 0) is 42.5 Å². The van der Waals surface area contributed by atoms with E-state index in [1.165, 1.54) is 12.1 Å². The van der Waals surface area contributed by atoms with E-state index in [9.17, 15) is 4.39 Å². The van der Waals surface area contributed by atoms with Gasteiger partial charge in [-0.15, -0.1) is 0 Å². The summed E-state index contributed by atoms with van der Waals surface area (Å²) < 4.78 is 14.9. The molecule has 2 aromatic rings. The van der Waals surface area contributed by atoms with E-state index in [4.69, 9.17) is 5.73 Å². The highest BCUT2D eigenvalue weighted by atomic mass is 19.1. The Balaban J connectivity index is 2.08. The second-order valence-electron chi connectivity index (χ2n) is 6.09. The van der Waals surface area contributed by atoms with Crippen LogP contribution >= 0.6 is 0 Å². The van der Waals surface area contributed by atoms with Gasteiger partial charge >= 0.3 is 0 Å². The molecule has 19 heavy (non-hydrogen) atoms. The van der Waals surface area contributed by atoms with Crippen LogP contribution < -0.4 is 5.73 Å². The predicted octanol–water partition coefficient (Wildman–Crippen LogP) is 2.98. The molecule has 0 spiro atoms. The summed E-state index contributed by atoms with van der Waals surface area (Å²) in [5.41, 5.74) is 9.54. The molecule has 1 aromatic carbocycles. The van der Waals surface area contributed by atoms with E-state index in [1.807, 2.05) is 10.9 Å². The molecule has 0 saturated carbocycles. The van der Waals surface area contributed by atoms with E-state index >= 15 is 0 Å². The van der Waals surface area contributed by atoms with Crippen LogP contribution in [0.2, 0.25) is 0 Å². The lowest BCUT2D eigenvalue weighted by atomic mass is 9.74. The standard InChI is InChI=1S/C15H18FN3/c1-15(2)7-13(17)12-9-18-19(14(12)8-15)11-5-3-10(16)4-6-11/h3-6,9,13H,7-8,17H2,1-2H3/t13-/m0/s1. The van der Waals surface area contributed by atoms with E-state index in [0.29, 0.717) is 0 Å². The molecular formula is C15H18FN3. The van der Waals surface area contributed by atoms with Crippen molar-refractivity contribution >= 4 is 0 Å². The molecule has 0 aliphatic heterocycles. The number of nitrogens with two attached hydrogens (primary N) is 1. The van der Waals surface area contributed by atoms with Gasteiger partial charge in [-0.1, -0.05) is 13.8 Å². The fourth-order valence-corrected chi connectivity index (χ4v) is 2.91. The number of aromatic nitrogens is 2. The normalized spacial score (nSPS) is 21.2. The van der Waals surface area contributed by atoms with Crippen LogP contribution in [-0.4, -0.2) is 9.78 Å². The molecule has 1 aliphatic carbocycles. The Hall–Kier alpha value is -1.68. The maximum atomic E-state index is 13.0. The molecule has 1 atom stereocenters. The Labute approximate surface area is 112 Å². The first-order valence-corrected chi connectivity index (χ1v) is 6.55. The van der Waals surface area contributed by atoms with Crippen molar-refractivity contribution in [2.24, 2.45) is 11.1 Å². The van der Waals surface area contributed by atoms with Crippen molar-refractivity contribution in [1.82, 2.24) is 9.78 Å². The van der Waals surface area contributed by atoms with Gasteiger partial charge < -0.3 is 5.73 Å². The van der Waals surface area contributed by atoms with Crippen LogP contribution in [0, 0.1) is 11.2 Å². The second-order valence-corrected chi connectivity index (χ2v) is 6.09. The van der Waals surface area contributed by atoms with Gasteiger partial charge in [-0.2, -0.15) is 5.10 Å². The average molecular weight is 259 g/mol. The number of hydrogen-bond acceptors (Lipinski definition) is 2. The minimum atomic E-state index is -0.234. The maximum absolute atomic E-state index is 13.0. The van der Waals surface area contributed by atoms with Crippen molar-refractivity contribution < 1.29 is 4.39 Å². The van der Waals surface area contributed by atoms with E-state index in [-0.39, 0.29) is 17.3 Å². The van der Waals surface area contributed by atoms with Crippen LogP contribution in [0.1, 0.15) is 37.6 Å². The zero-order valence-electron chi connectivity index (χ0n) is 11.2. The molecule has 1 aliphatic rings. The highest BCUT2D eigenvalue weighted by molar-refractivity contribution is 5.37. The van der Waals surface area contributed by atoms with Crippen molar-refractivity contribution in [3.63, 3.8) is 0 Å². The summed E-state index contributed by atoms with van der Waals surface area (Å²) >= 11 is 0.